The number of hydrogen-bond donors (Lipinski definition) is 1. The van der Waals surface area contributed by atoms with Gasteiger partial charge in [-0.15, -0.1) is 6.42 Å². The van der Waals surface area contributed by atoms with E-state index in [-0.39, 0.29) is 6.04 Å². The molecule has 1 rings (SSSR count). The largest absolute Gasteiger partial charge is 0.378 e. The molecule has 0 amide bonds. The van der Waals surface area contributed by atoms with Crippen molar-refractivity contribution in [3.63, 3.8) is 0 Å². The molecule has 0 spiro atoms. The molecule has 1 fully saturated rings. The third-order valence-corrected chi connectivity index (χ3v) is 2.90. The zero-order valence-corrected chi connectivity index (χ0v) is 9.80. The van der Waals surface area contributed by atoms with Crippen molar-refractivity contribution in [2.75, 3.05) is 13.2 Å². The molecule has 1 aliphatic heterocycles. The highest BCUT2D eigenvalue weighted by molar-refractivity contribution is 4.98. The number of terminal acetylenes is 1. The molecule has 1 aliphatic rings. The average molecular weight is 209 g/mol. The number of nitrogens with one attached hydrogen (secondary N) is 1. The Balaban J connectivity index is 1.97. The molecule has 15 heavy (non-hydrogen) atoms. The van der Waals surface area contributed by atoms with Crippen molar-refractivity contribution in [3.8, 4) is 12.3 Å². The first kappa shape index (κ1) is 12.5. The van der Waals surface area contributed by atoms with E-state index in [4.69, 9.17) is 11.2 Å². The summed E-state index contributed by atoms with van der Waals surface area (Å²) < 4.78 is 5.57. The molecule has 2 heteroatoms. The summed E-state index contributed by atoms with van der Waals surface area (Å²) in [5, 5.41) is 3.40. The van der Waals surface area contributed by atoms with Gasteiger partial charge in [0.05, 0.1) is 12.1 Å². The SMILES string of the molecule is C#CC(CCC)NCCCC1CCCO1. The molecule has 2 atom stereocenters. The van der Waals surface area contributed by atoms with Gasteiger partial charge >= 0.3 is 0 Å². The molecule has 0 aromatic heterocycles. The maximum atomic E-state index is 5.57. The van der Waals surface area contributed by atoms with Gasteiger partial charge in [-0.1, -0.05) is 19.3 Å². The lowest BCUT2D eigenvalue weighted by Gasteiger charge is -2.13. The predicted molar refractivity (Wildman–Crippen MR) is 63.7 cm³/mol. The van der Waals surface area contributed by atoms with Gasteiger partial charge in [-0.2, -0.15) is 0 Å². The summed E-state index contributed by atoms with van der Waals surface area (Å²) in [6.45, 7) is 4.15. The van der Waals surface area contributed by atoms with E-state index in [9.17, 15) is 0 Å². The van der Waals surface area contributed by atoms with Gasteiger partial charge in [0.15, 0.2) is 0 Å². The molecule has 0 aromatic carbocycles. The number of hydrogen-bond acceptors (Lipinski definition) is 2. The molecule has 2 unspecified atom stereocenters. The minimum Gasteiger partial charge on any atom is -0.378 e. The highest BCUT2D eigenvalue weighted by Gasteiger charge is 2.14. The van der Waals surface area contributed by atoms with Crippen LogP contribution in [0.3, 0.4) is 0 Å². The lowest BCUT2D eigenvalue weighted by atomic mass is 10.1. The zero-order chi connectivity index (χ0) is 10.9. The smallest absolute Gasteiger partial charge is 0.0686 e. The van der Waals surface area contributed by atoms with Gasteiger partial charge in [-0.25, -0.2) is 0 Å². The minimum atomic E-state index is 0.263. The fraction of sp³-hybridized carbons (Fsp3) is 0.846. The van der Waals surface area contributed by atoms with E-state index in [1.807, 2.05) is 0 Å². The van der Waals surface area contributed by atoms with Crippen LogP contribution in [0.1, 0.15) is 45.4 Å². The van der Waals surface area contributed by atoms with Crippen LogP contribution in [0.15, 0.2) is 0 Å². The maximum absolute atomic E-state index is 5.57. The number of ether oxygens (including phenoxy) is 1. The summed E-state index contributed by atoms with van der Waals surface area (Å²) in [6.07, 6.45) is 13.0. The monoisotopic (exact) mass is 209 g/mol. The standard InChI is InChI=1S/C13H23NO/c1-3-7-12(4-2)14-10-5-8-13-9-6-11-15-13/h2,12-14H,3,5-11H2,1H3. The average Bonchev–Trinajstić information content (AvgIpc) is 2.75. The predicted octanol–water partition coefficient (Wildman–Crippen LogP) is 2.34. The zero-order valence-electron chi connectivity index (χ0n) is 9.80. The van der Waals surface area contributed by atoms with Crippen molar-refractivity contribution < 1.29 is 4.74 Å². The Bertz CT molecular complexity index is 191. The van der Waals surface area contributed by atoms with Crippen LogP contribution in [0.25, 0.3) is 0 Å². The highest BCUT2D eigenvalue weighted by atomic mass is 16.5. The van der Waals surface area contributed by atoms with Gasteiger partial charge < -0.3 is 10.1 Å². The third kappa shape index (κ3) is 5.20. The first-order valence-electron chi connectivity index (χ1n) is 6.18. The lowest BCUT2D eigenvalue weighted by molar-refractivity contribution is 0.102. The first-order chi connectivity index (χ1) is 7.36. The molecule has 1 heterocycles. The summed E-state index contributed by atoms with van der Waals surface area (Å²) in [5.74, 6) is 2.79. The van der Waals surface area contributed by atoms with Crippen molar-refractivity contribution in [3.05, 3.63) is 0 Å². The molecular formula is C13H23NO. The molecule has 1 saturated heterocycles. The van der Waals surface area contributed by atoms with Crippen LogP contribution >= 0.6 is 0 Å². The Hall–Kier alpha value is -0.520. The van der Waals surface area contributed by atoms with Crippen LogP contribution in [0.2, 0.25) is 0 Å². The second kappa shape index (κ2) is 7.73. The van der Waals surface area contributed by atoms with Crippen LogP contribution in [-0.4, -0.2) is 25.3 Å². The van der Waals surface area contributed by atoms with Crippen molar-refractivity contribution in [1.82, 2.24) is 5.32 Å². The summed E-state index contributed by atoms with van der Waals surface area (Å²) in [5.41, 5.74) is 0. The summed E-state index contributed by atoms with van der Waals surface area (Å²) in [7, 11) is 0. The van der Waals surface area contributed by atoms with E-state index < -0.39 is 0 Å². The molecule has 86 valence electrons. The lowest BCUT2D eigenvalue weighted by Crippen LogP contribution is -2.28. The second-order valence-electron chi connectivity index (χ2n) is 4.24. The van der Waals surface area contributed by atoms with E-state index in [1.54, 1.807) is 0 Å². The van der Waals surface area contributed by atoms with Gasteiger partial charge in [0, 0.05) is 6.61 Å². The Morgan fingerprint density at radius 1 is 1.60 bits per heavy atom. The van der Waals surface area contributed by atoms with Crippen molar-refractivity contribution in [1.29, 1.82) is 0 Å². The Kier molecular flexibility index (Phi) is 6.47. The molecule has 0 radical (unpaired) electrons. The highest BCUT2D eigenvalue weighted by Crippen LogP contribution is 2.16. The van der Waals surface area contributed by atoms with E-state index in [0.29, 0.717) is 6.10 Å². The van der Waals surface area contributed by atoms with E-state index in [2.05, 4.69) is 18.2 Å². The topological polar surface area (TPSA) is 21.3 Å². The molecule has 0 saturated carbocycles. The Morgan fingerprint density at radius 2 is 2.47 bits per heavy atom. The Morgan fingerprint density at radius 3 is 3.07 bits per heavy atom. The van der Waals surface area contributed by atoms with Crippen molar-refractivity contribution in [2.24, 2.45) is 0 Å². The van der Waals surface area contributed by atoms with Gasteiger partial charge in [-0.05, 0) is 38.6 Å². The molecule has 0 aromatic rings. The van der Waals surface area contributed by atoms with E-state index >= 15 is 0 Å². The third-order valence-electron chi connectivity index (χ3n) is 2.90. The van der Waals surface area contributed by atoms with Crippen LogP contribution in [0.5, 0.6) is 0 Å². The second-order valence-corrected chi connectivity index (χ2v) is 4.24. The van der Waals surface area contributed by atoms with Crippen LogP contribution in [0, 0.1) is 12.3 Å². The summed E-state index contributed by atoms with van der Waals surface area (Å²) in [4.78, 5) is 0. The van der Waals surface area contributed by atoms with Crippen LogP contribution < -0.4 is 5.32 Å². The molecule has 2 nitrogen and oxygen atoms in total. The molecule has 1 N–H and O–H groups in total. The van der Waals surface area contributed by atoms with Crippen molar-refractivity contribution in [2.45, 2.75) is 57.6 Å². The maximum Gasteiger partial charge on any atom is 0.0686 e. The van der Waals surface area contributed by atoms with Crippen LogP contribution in [0.4, 0.5) is 0 Å². The fourth-order valence-electron chi connectivity index (χ4n) is 2.01. The van der Waals surface area contributed by atoms with Gasteiger partial charge in [0.1, 0.15) is 0 Å². The first-order valence-corrected chi connectivity index (χ1v) is 6.18. The van der Waals surface area contributed by atoms with Crippen LogP contribution in [-0.2, 0) is 4.74 Å². The summed E-state index contributed by atoms with van der Waals surface area (Å²) >= 11 is 0. The fourth-order valence-corrected chi connectivity index (χ4v) is 2.01. The summed E-state index contributed by atoms with van der Waals surface area (Å²) in [6, 6.07) is 0.263. The molecule has 0 bridgehead atoms. The minimum absolute atomic E-state index is 0.263. The quantitative estimate of drug-likeness (QED) is 0.513. The van der Waals surface area contributed by atoms with E-state index in [1.165, 1.54) is 25.7 Å². The van der Waals surface area contributed by atoms with Crippen molar-refractivity contribution >= 4 is 0 Å². The van der Waals surface area contributed by atoms with E-state index in [0.717, 1.165) is 26.0 Å². The van der Waals surface area contributed by atoms with Gasteiger partial charge in [0.2, 0.25) is 0 Å². The molecule has 0 aliphatic carbocycles. The Labute approximate surface area is 93.8 Å². The normalized spacial score (nSPS) is 22.5. The van der Waals surface area contributed by atoms with Gasteiger partial charge in [0.25, 0.3) is 0 Å². The van der Waals surface area contributed by atoms with Gasteiger partial charge in [-0.3, -0.25) is 0 Å². The number of rotatable bonds is 7. The molecular weight excluding hydrogens is 186 g/mol.